The van der Waals surface area contributed by atoms with Crippen LogP contribution in [0.25, 0.3) is 0 Å². The highest BCUT2D eigenvalue weighted by Crippen LogP contribution is 2.20. The zero-order chi connectivity index (χ0) is 13.8. The zero-order valence-corrected chi connectivity index (χ0v) is 13.6. The molecule has 0 aliphatic carbocycles. The molecule has 0 unspecified atom stereocenters. The molecule has 2 fully saturated rings. The Hall–Kier alpha value is -0.130. The molecule has 1 atom stereocenters. The summed E-state index contributed by atoms with van der Waals surface area (Å²) in [5, 5.41) is 0. The number of nitrogens with one attached hydrogen (secondary N) is 2. The van der Waals surface area contributed by atoms with Gasteiger partial charge in [-0.25, -0.2) is 0 Å². The molecule has 0 aromatic carbocycles. The maximum Gasteiger partial charge on any atom is 0.127 e. The van der Waals surface area contributed by atoms with E-state index in [-0.39, 0.29) is 0 Å². The van der Waals surface area contributed by atoms with E-state index in [1.807, 2.05) is 6.07 Å². The third kappa shape index (κ3) is 4.18. The predicted molar refractivity (Wildman–Crippen MR) is 82.9 cm³/mol. The van der Waals surface area contributed by atoms with Gasteiger partial charge in [-0.2, -0.15) is 0 Å². The SMILES string of the molecule is Clc1ccc(C[NH+]2CC[NH+](C[C@@H]3CCCCO3)CC2)s1. The summed E-state index contributed by atoms with van der Waals surface area (Å²) < 4.78 is 6.78. The highest BCUT2D eigenvalue weighted by Gasteiger charge is 2.27. The van der Waals surface area contributed by atoms with E-state index in [0.717, 1.165) is 17.5 Å². The van der Waals surface area contributed by atoms with Gasteiger partial charge in [-0.3, -0.25) is 0 Å². The molecule has 1 aromatic heterocycles. The van der Waals surface area contributed by atoms with Crippen molar-refractivity contribution in [2.45, 2.75) is 31.9 Å². The zero-order valence-electron chi connectivity index (χ0n) is 12.0. The summed E-state index contributed by atoms with van der Waals surface area (Å²) in [6, 6.07) is 4.19. The average molecular weight is 317 g/mol. The summed E-state index contributed by atoms with van der Waals surface area (Å²) in [6.07, 6.45) is 4.41. The number of thiophene rings is 1. The van der Waals surface area contributed by atoms with Crippen molar-refractivity contribution in [3.63, 3.8) is 0 Å². The summed E-state index contributed by atoms with van der Waals surface area (Å²) in [5.74, 6) is 0. The van der Waals surface area contributed by atoms with E-state index in [1.54, 1.807) is 21.1 Å². The van der Waals surface area contributed by atoms with Gasteiger partial charge in [0.1, 0.15) is 45.4 Å². The molecule has 2 N–H and O–H groups in total. The Kier molecular flexibility index (Phi) is 5.35. The van der Waals surface area contributed by atoms with E-state index in [9.17, 15) is 0 Å². The lowest BCUT2D eigenvalue weighted by Gasteiger charge is -2.32. The van der Waals surface area contributed by atoms with E-state index in [1.165, 1.54) is 56.9 Å². The molecule has 2 aliphatic heterocycles. The summed E-state index contributed by atoms with van der Waals surface area (Å²) in [4.78, 5) is 4.87. The van der Waals surface area contributed by atoms with Crippen LogP contribution in [0.15, 0.2) is 12.1 Å². The Morgan fingerprint density at radius 2 is 1.95 bits per heavy atom. The molecule has 2 aliphatic rings. The van der Waals surface area contributed by atoms with E-state index >= 15 is 0 Å². The number of halogens is 1. The van der Waals surface area contributed by atoms with Crippen LogP contribution in [0, 0.1) is 0 Å². The standard InChI is InChI=1S/C15H23ClN2OS/c16-15-5-4-14(20-15)12-18-8-6-17(7-9-18)11-13-3-1-2-10-19-13/h4-5,13H,1-3,6-12H2/p+2/t13-/m0/s1. The van der Waals surface area contributed by atoms with Crippen LogP contribution in [-0.2, 0) is 11.3 Å². The molecule has 0 radical (unpaired) electrons. The molecule has 2 saturated heterocycles. The topological polar surface area (TPSA) is 18.1 Å². The molecular formula is C15H25ClN2OS+2. The maximum absolute atomic E-state index is 6.00. The van der Waals surface area contributed by atoms with Crippen LogP contribution in [0.3, 0.4) is 0 Å². The molecule has 112 valence electrons. The third-order valence-corrected chi connectivity index (χ3v) is 5.74. The fourth-order valence-electron chi connectivity index (χ4n) is 3.32. The van der Waals surface area contributed by atoms with Gasteiger partial charge in [-0.05, 0) is 31.4 Å². The number of ether oxygens (including phenoxy) is 1. The third-order valence-electron chi connectivity index (χ3n) is 4.51. The monoisotopic (exact) mass is 316 g/mol. The van der Waals surface area contributed by atoms with Crippen molar-refractivity contribution in [1.82, 2.24) is 0 Å². The molecule has 3 heterocycles. The second kappa shape index (κ2) is 7.23. The van der Waals surface area contributed by atoms with Gasteiger partial charge in [0.05, 0.1) is 9.21 Å². The number of piperazine rings is 1. The molecule has 1 aromatic rings. The number of hydrogen-bond acceptors (Lipinski definition) is 2. The first-order valence-electron chi connectivity index (χ1n) is 7.82. The Morgan fingerprint density at radius 3 is 2.60 bits per heavy atom. The average Bonchev–Trinajstić information content (AvgIpc) is 2.88. The lowest BCUT2D eigenvalue weighted by molar-refractivity contribution is -1.02. The van der Waals surface area contributed by atoms with Gasteiger partial charge in [-0.15, -0.1) is 11.3 Å². The van der Waals surface area contributed by atoms with E-state index < -0.39 is 0 Å². The van der Waals surface area contributed by atoms with Crippen molar-refractivity contribution in [2.75, 3.05) is 39.3 Å². The molecular weight excluding hydrogens is 292 g/mol. The highest BCUT2D eigenvalue weighted by molar-refractivity contribution is 7.16. The van der Waals surface area contributed by atoms with Crippen LogP contribution >= 0.6 is 22.9 Å². The molecule has 0 saturated carbocycles. The van der Waals surface area contributed by atoms with E-state index in [4.69, 9.17) is 16.3 Å². The molecule has 3 nitrogen and oxygen atoms in total. The smallest absolute Gasteiger partial charge is 0.127 e. The Labute approximate surface area is 130 Å². The first-order chi connectivity index (χ1) is 9.79. The van der Waals surface area contributed by atoms with Crippen LogP contribution < -0.4 is 9.80 Å². The second-order valence-corrected chi connectivity index (χ2v) is 7.87. The first-order valence-corrected chi connectivity index (χ1v) is 9.02. The van der Waals surface area contributed by atoms with Crippen molar-refractivity contribution in [2.24, 2.45) is 0 Å². The lowest BCUT2D eigenvalue weighted by Crippen LogP contribution is -3.28. The van der Waals surface area contributed by atoms with Crippen LogP contribution in [0.5, 0.6) is 0 Å². The summed E-state index contributed by atoms with van der Waals surface area (Å²) in [5.41, 5.74) is 0. The van der Waals surface area contributed by atoms with E-state index in [2.05, 4.69) is 6.07 Å². The Morgan fingerprint density at radius 1 is 1.15 bits per heavy atom. The number of rotatable bonds is 4. The highest BCUT2D eigenvalue weighted by atomic mass is 35.5. The minimum atomic E-state index is 0.524. The van der Waals surface area contributed by atoms with Crippen LogP contribution in [0.1, 0.15) is 24.1 Å². The fourth-order valence-corrected chi connectivity index (χ4v) is 4.48. The van der Waals surface area contributed by atoms with Gasteiger partial charge < -0.3 is 14.5 Å². The number of quaternary nitrogens is 2. The van der Waals surface area contributed by atoms with Gasteiger partial charge in [0.25, 0.3) is 0 Å². The quantitative estimate of drug-likeness (QED) is 0.815. The van der Waals surface area contributed by atoms with Crippen LogP contribution in [0.4, 0.5) is 0 Å². The molecule has 0 spiro atoms. The molecule has 0 bridgehead atoms. The fraction of sp³-hybridized carbons (Fsp3) is 0.733. The predicted octanol–water partition coefficient (Wildman–Crippen LogP) is 0.254. The van der Waals surface area contributed by atoms with Crippen molar-refractivity contribution in [3.05, 3.63) is 21.3 Å². The normalized spacial score (nSPS) is 31.4. The second-order valence-electron chi connectivity index (χ2n) is 6.08. The molecule has 3 rings (SSSR count). The van der Waals surface area contributed by atoms with Crippen molar-refractivity contribution < 1.29 is 14.5 Å². The largest absolute Gasteiger partial charge is 0.372 e. The summed E-state index contributed by atoms with van der Waals surface area (Å²) in [6.45, 7) is 8.47. The molecule has 0 amide bonds. The van der Waals surface area contributed by atoms with Crippen LogP contribution in [-0.4, -0.2) is 45.4 Å². The Balaban J connectivity index is 1.40. The van der Waals surface area contributed by atoms with E-state index in [0.29, 0.717) is 6.10 Å². The van der Waals surface area contributed by atoms with Crippen molar-refractivity contribution in [1.29, 1.82) is 0 Å². The Bertz CT molecular complexity index is 412. The first kappa shape index (κ1) is 14.8. The van der Waals surface area contributed by atoms with Crippen molar-refractivity contribution >= 4 is 22.9 Å². The maximum atomic E-state index is 6.00. The van der Waals surface area contributed by atoms with Crippen molar-refractivity contribution in [3.8, 4) is 0 Å². The summed E-state index contributed by atoms with van der Waals surface area (Å²) in [7, 11) is 0. The molecule has 20 heavy (non-hydrogen) atoms. The molecule has 5 heteroatoms. The van der Waals surface area contributed by atoms with Gasteiger partial charge in [0.15, 0.2) is 0 Å². The van der Waals surface area contributed by atoms with Crippen LogP contribution in [0.2, 0.25) is 4.34 Å². The minimum Gasteiger partial charge on any atom is -0.372 e. The van der Waals surface area contributed by atoms with Gasteiger partial charge in [-0.1, -0.05) is 11.6 Å². The van der Waals surface area contributed by atoms with Gasteiger partial charge >= 0.3 is 0 Å². The summed E-state index contributed by atoms with van der Waals surface area (Å²) >= 11 is 7.73. The number of hydrogen-bond donors (Lipinski definition) is 2. The minimum absolute atomic E-state index is 0.524. The van der Waals surface area contributed by atoms with Gasteiger partial charge in [0.2, 0.25) is 0 Å². The lowest BCUT2D eigenvalue weighted by atomic mass is 10.1. The van der Waals surface area contributed by atoms with Gasteiger partial charge in [0, 0.05) is 6.61 Å².